The number of halogens is 1. The molecule has 0 saturated carbocycles. The maximum Gasteiger partial charge on any atom is 0.126 e. The van der Waals surface area contributed by atoms with Crippen LogP contribution in [0.15, 0.2) is 30.3 Å². The zero-order valence-electron chi connectivity index (χ0n) is 10.1. The second-order valence-electron chi connectivity index (χ2n) is 3.71. The highest BCUT2D eigenvalue weighted by Gasteiger charge is 1.95. The van der Waals surface area contributed by atoms with Crippen LogP contribution in [-0.4, -0.2) is 19.7 Å². The van der Waals surface area contributed by atoms with Gasteiger partial charge in [0.25, 0.3) is 0 Å². The van der Waals surface area contributed by atoms with Gasteiger partial charge in [-0.25, -0.2) is 0 Å². The maximum absolute atomic E-state index is 5.25. The van der Waals surface area contributed by atoms with E-state index in [4.69, 9.17) is 4.74 Å². The van der Waals surface area contributed by atoms with Gasteiger partial charge in [-0.15, -0.1) is 12.4 Å². The number of benzene rings is 1. The normalized spacial score (nSPS) is 10.5. The minimum Gasteiger partial charge on any atom is -0.496 e. The highest BCUT2D eigenvalue weighted by molar-refractivity contribution is 5.85. The molecule has 0 bridgehead atoms. The van der Waals surface area contributed by atoms with Gasteiger partial charge in [0.05, 0.1) is 7.11 Å². The molecule has 0 saturated heterocycles. The van der Waals surface area contributed by atoms with E-state index < -0.39 is 0 Å². The Morgan fingerprint density at radius 1 is 1.31 bits per heavy atom. The minimum absolute atomic E-state index is 0. The van der Waals surface area contributed by atoms with Crippen molar-refractivity contribution in [3.8, 4) is 5.75 Å². The van der Waals surface area contributed by atoms with Crippen molar-refractivity contribution in [2.75, 3.05) is 13.7 Å². The molecule has 0 atom stereocenters. The third kappa shape index (κ3) is 5.19. The molecule has 1 N–H and O–H groups in total. The first-order chi connectivity index (χ1) is 7.24. The van der Waals surface area contributed by atoms with Crippen molar-refractivity contribution in [3.63, 3.8) is 0 Å². The molecule has 0 radical (unpaired) electrons. The van der Waals surface area contributed by atoms with Crippen LogP contribution >= 0.6 is 12.4 Å². The number of rotatable bonds is 5. The van der Waals surface area contributed by atoms with E-state index in [1.165, 1.54) is 0 Å². The Hall–Kier alpha value is -0.990. The molecule has 0 aliphatic carbocycles. The number of hydrogen-bond acceptors (Lipinski definition) is 2. The van der Waals surface area contributed by atoms with Gasteiger partial charge >= 0.3 is 0 Å². The van der Waals surface area contributed by atoms with Gasteiger partial charge in [-0.1, -0.05) is 44.2 Å². The highest BCUT2D eigenvalue weighted by Crippen LogP contribution is 2.18. The largest absolute Gasteiger partial charge is 0.496 e. The van der Waals surface area contributed by atoms with Crippen molar-refractivity contribution < 1.29 is 4.74 Å². The van der Waals surface area contributed by atoms with E-state index in [2.05, 4.69) is 31.3 Å². The summed E-state index contributed by atoms with van der Waals surface area (Å²) in [6.07, 6.45) is 4.19. The Morgan fingerprint density at radius 2 is 2.00 bits per heavy atom. The molecule has 0 fully saturated rings. The lowest BCUT2D eigenvalue weighted by Crippen LogP contribution is -2.22. The molecule has 16 heavy (non-hydrogen) atoms. The van der Waals surface area contributed by atoms with E-state index >= 15 is 0 Å². The quantitative estimate of drug-likeness (QED) is 0.855. The standard InChI is InChI=1S/C13H19NO.ClH/c1-11(2)14-10-6-8-12-7-4-5-9-13(12)15-3;/h4-9,11,14H,10H2,1-3H3;1H. The molecular formula is C13H20ClNO. The smallest absolute Gasteiger partial charge is 0.126 e. The van der Waals surface area contributed by atoms with E-state index in [9.17, 15) is 0 Å². The van der Waals surface area contributed by atoms with Crippen molar-refractivity contribution in [1.82, 2.24) is 5.32 Å². The van der Waals surface area contributed by atoms with Crippen LogP contribution in [0.25, 0.3) is 6.08 Å². The topological polar surface area (TPSA) is 21.3 Å². The fourth-order valence-corrected chi connectivity index (χ4v) is 1.29. The fraction of sp³-hybridized carbons (Fsp3) is 0.385. The van der Waals surface area contributed by atoms with Crippen LogP contribution in [0.4, 0.5) is 0 Å². The summed E-state index contributed by atoms with van der Waals surface area (Å²) in [6.45, 7) is 5.16. The van der Waals surface area contributed by atoms with Crippen LogP contribution < -0.4 is 10.1 Å². The maximum atomic E-state index is 5.25. The summed E-state index contributed by atoms with van der Waals surface area (Å²) in [6, 6.07) is 8.52. The van der Waals surface area contributed by atoms with E-state index in [0.29, 0.717) is 6.04 Å². The molecule has 90 valence electrons. The average Bonchev–Trinajstić information content (AvgIpc) is 2.24. The lowest BCUT2D eigenvalue weighted by molar-refractivity contribution is 0.414. The molecule has 0 amide bonds. The fourth-order valence-electron chi connectivity index (χ4n) is 1.29. The monoisotopic (exact) mass is 241 g/mol. The molecule has 0 heterocycles. The first kappa shape index (κ1) is 15.0. The lowest BCUT2D eigenvalue weighted by Gasteiger charge is -2.05. The number of hydrogen-bond donors (Lipinski definition) is 1. The summed E-state index contributed by atoms with van der Waals surface area (Å²) in [5.41, 5.74) is 1.12. The van der Waals surface area contributed by atoms with Crippen molar-refractivity contribution >= 4 is 18.5 Å². The molecule has 0 aromatic heterocycles. The van der Waals surface area contributed by atoms with Gasteiger partial charge in [-0.3, -0.25) is 0 Å². The summed E-state index contributed by atoms with van der Waals surface area (Å²) in [5, 5.41) is 3.33. The molecular weight excluding hydrogens is 222 g/mol. The van der Waals surface area contributed by atoms with E-state index in [0.717, 1.165) is 17.9 Å². The van der Waals surface area contributed by atoms with Gasteiger partial charge in [-0.2, -0.15) is 0 Å². The average molecular weight is 242 g/mol. The molecule has 0 spiro atoms. The third-order valence-corrected chi connectivity index (χ3v) is 2.08. The molecule has 1 aromatic rings. The first-order valence-electron chi connectivity index (χ1n) is 5.27. The number of para-hydroxylation sites is 1. The zero-order chi connectivity index (χ0) is 11.1. The molecule has 1 aromatic carbocycles. The summed E-state index contributed by atoms with van der Waals surface area (Å²) in [7, 11) is 1.69. The van der Waals surface area contributed by atoms with Crippen LogP contribution in [0, 0.1) is 0 Å². The second-order valence-corrected chi connectivity index (χ2v) is 3.71. The van der Waals surface area contributed by atoms with Gasteiger partial charge < -0.3 is 10.1 Å². The Balaban J connectivity index is 0.00000225. The lowest BCUT2D eigenvalue weighted by atomic mass is 10.2. The van der Waals surface area contributed by atoms with E-state index in [-0.39, 0.29) is 12.4 Å². The van der Waals surface area contributed by atoms with E-state index in [1.807, 2.05) is 24.3 Å². The Bertz CT molecular complexity index is 323. The molecule has 2 nitrogen and oxygen atoms in total. The molecule has 0 unspecified atom stereocenters. The summed E-state index contributed by atoms with van der Waals surface area (Å²) in [4.78, 5) is 0. The SMILES string of the molecule is COc1ccccc1C=CCNC(C)C.Cl. The van der Waals surface area contributed by atoms with Gasteiger partial charge in [0.1, 0.15) is 5.75 Å². The van der Waals surface area contributed by atoms with Crippen molar-refractivity contribution in [1.29, 1.82) is 0 Å². The minimum atomic E-state index is 0. The van der Waals surface area contributed by atoms with Gasteiger partial charge in [0.2, 0.25) is 0 Å². The highest BCUT2D eigenvalue weighted by atomic mass is 35.5. The predicted molar refractivity (Wildman–Crippen MR) is 72.4 cm³/mol. The number of nitrogens with one attached hydrogen (secondary N) is 1. The summed E-state index contributed by atoms with van der Waals surface area (Å²) in [5.74, 6) is 0.915. The van der Waals surface area contributed by atoms with Gasteiger partial charge in [0, 0.05) is 18.2 Å². The third-order valence-electron chi connectivity index (χ3n) is 2.08. The van der Waals surface area contributed by atoms with Crippen LogP contribution in [-0.2, 0) is 0 Å². The van der Waals surface area contributed by atoms with Crippen LogP contribution in [0.1, 0.15) is 19.4 Å². The van der Waals surface area contributed by atoms with Gasteiger partial charge in [0.15, 0.2) is 0 Å². The van der Waals surface area contributed by atoms with Gasteiger partial charge in [-0.05, 0) is 6.07 Å². The number of methoxy groups -OCH3 is 1. The van der Waals surface area contributed by atoms with Crippen molar-refractivity contribution in [3.05, 3.63) is 35.9 Å². The number of ether oxygens (including phenoxy) is 1. The first-order valence-corrected chi connectivity index (χ1v) is 5.27. The van der Waals surface area contributed by atoms with Crippen molar-refractivity contribution in [2.24, 2.45) is 0 Å². The molecule has 1 rings (SSSR count). The van der Waals surface area contributed by atoms with E-state index in [1.54, 1.807) is 7.11 Å². The van der Waals surface area contributed by atoms with Crippen LogP contribution in [0.2, 0.25) is 0 Å². The Labute approximate surface area is 104 Å². The van der Waals surface area contributed by atoms with Crippen LogP contribution in [0.3, 0.4) is 0 Å². The second kappa shape index (κ2) is 8.20. The zero-order valence-corrected chi connectivity index (χ0v) is 10.9. The van der Waals surface area contributed by atoms with Crippen molar-refractivity contribution in [2.45, 2.75) is 19.9 Å². The molecule has 0 aliphatic rings. The molecule has 3 heteroatoms. The summed E-state index contributed by atoms with van der Waals surface area (Å²) < 4.78 is 5.25. The Morgan fingerprint density at radius 3 is 2.62 bits per heavy atom. The molecule has 0 aliphatic heterocycles. The van der Waals surface area contributed by atoms with Crippen LogP contribution in [0.5, 0.6) is 5.75 Å². The Kier molecular flexibility index (Phi) is 7.69. The summed E-state index contributed by atoms with van der Waals surface area (Å²) >= 11 is 0. The predicted octanol–water partition coefficient (Wildman–Crippen LogP) is 3.13.